The number of aromatic nitrogens is 4. The van der Waals surface area contributed by atoms with Gasteiger partial charge in [0.2, 0.25) is 0 Å². The number of nitrogen functional groups attached to an aromatic ring is 1. The minimum absolute atomic E-state index is 0.359. The fourth-order valence-electron chi connectivity index (χ4n) is 1.65. The zero-order valence-corrected chi connectivity index (χ0v) is 8.71. The number of rotatable bonds is 1. The normalized spacial score (nSPS) is 10.9. The predicted molar refractivity (Wildman–Crippen MR) is 60.6 cm³/mol. The highest BCUT2D eigenvalue weighted by Gasteiger charge is 2.12. The van der Waals surface area contributed by atoms with Crippen LogP contribution in [0.5, 0.6) is 0 Å². The van der Waals surface area contributed by atoms with Crippen LogP contribution in [0.1, 0.15) is 0 Å². The largest absolute Gasteiger partial charge is 0.399 e. The van der Waals surface area contributed by atoms with Gasteiger partial charge in [0.05, 0.1) is 11.8 Å². The van der Waals surface area contributed by atoms with E-state index in [-0.39, 0.29) is 0 Å². The molecule has 3 rings (SSSR count). The van der Waals surface area contributed by atoms with Crippen LogP contribution in [0.25, 0.3) is 17.0 Å². The summed E-state index contributed by atoms with van der Waals surface area (Å²) in [4.78, 5) is 3.92. The SMILES string of the molecule is Nc1ccc(-c2nnc3cnccn23)c(F)c1. The van der Waals surface area contributed by atoms with Crippen LogP contribution in [0.2, 0.25) is 0 Å². The fraction of sp³-hybridized carbons (Fsp3) is 0. The van der Waals surface area contributed by atoms with E-state index in [1.807, 2.05) is 0 Å². The molecule has 0 saturated heterocycles. The van der Waals surface area contributed by atoms with Crippen molar-refractivity contribution in [3.8, 4) is 11.4 Å². The van der Waals surface area contributed by atoms with E-state index in [1.165, 1.54) is 6.07 Å². The van der Waals surface area contributed by atoms with E-state index in [0.717, 1.165) is 0 Å². The first-order valence-corrected chi connectivity index (χ1v) is 4.96. The Balaban J connectivity index is 2.27. The second kappa shape index (κ2) is 3.51. The summed E-state index contributed by atoms with van der Waals surface area (Å²) in [5.41, 5.74) is 6.80. The summed E-state index contributed by atoms with van der Waals surface area (Å²) in [5, 5.41) is 7.86. The number of halogens is 1. The number of fused-ring (bicyclic) bond motifs is 1. The Morgan fingerprint density at radius 1 is 1.24 bits per heavy atom. The van der Waals surface area contributed by atoms with Crippen molar-refractivity contribution in [2.24, 2.45) is 0 Å². The van der Waals surface area contributed by atoms with Crippen molar-refractivity contribution < 1.29 is 4.39 Å². The van der Waals surface area contributed by atoms with Gasteiger partial charge < -0.3 is 5.73 Å². The summed E-state index contributed by atoms with van der Waals surface area (Å²) in [5.74, 6) is 0.0102. The number of hydrogen-bond donors (Lipinski definition) is 1. The smallest absolute Gasteiger partial charge is 0.179 e. The van der Waals surface area contributed by atoms with Crippen LogP contribution >= 0.6 is 0 Å². The van der Waals surface area contributed by atoms with Crippen LogP contribution in [-0.2, 0) is 0 Å². The Bertz CT molecular complexity index is 691. The van der Waals surface area contributed by atoms with Crippen LogP contribution in [0.15, 0.2) is 36.8 Å². The second-order valence-electron chi connectivity index (χ2n) is 3.57. The van der Waals surface area contributed by atoms with Crippen molar-refractivity contribution in [3.05, 3.63) is 42.6 Å². The van der Waals surface area contributed by atoms with Crippen LogP contribution in [0.3, 0.4) is 0 Å². The van der Waals surface area contributed by atoms with Crippen molar-refractivity contribution in [1.82, 2.24) is 19.6 Å². The van der Waals surface area contributed by atoms with Crippen molar-refractivity contribution >= 4 is 11.3 Å². The number of anilines is 1. The number of nitrogens with two attached hydrogens (primary N) is 1. The Hall–Kier alpha value is -2.50. The maximum Gasteiger partial charge on any atom is 0.179 e. The third kappa shape index (κ3) is 1.50. The van der Waals surface area contributed by atoms with Crippen LogP contribution in [-0.4, -0.2) is 19.6 Å². The molecule has 0 aliphatic heterocycles. The van der Waals surface area contributed by atoms with Gasteiger partial charge in [-0.3, -0.25) is 9.38 Å². The molecule has 0 bridgehead atoms. The molecule has 17 heavy (non-hydrogen) atoms. The van der Waals surface area contributed by atoms with E-state index in [1.54, 1.807) is 35.1 Å². The zero-order valence-electron chi connectivity index (χ0n) is 8.71. The summed E-state index contributed by atoms with van der Waals surface area (Å²) in [6, 6.07) is 4.47. The Morgan fingerprint density at radius 3 is 2.94 bits per heavy atom. The van der Waals surface area contributed by atoms with Gasteiger partial charge in [0.25, 0.3) is 0 Å². The number of nitrogens with zero attached hydrogens (tertiary/aromatic N) is 4. The van der Waals surface area contributed by atoms with Gasteiger partial charge in [-0.05, 0) is 18.2 Å². The minimum Gasteiger partial charge on any atom is -0.399 e. The standard InChI is InChI=1S/C11H8FN5/c12-9-5-7(13)1-2-8(9)11-16-15-10-6-14-3-4-17(10)11/h1-6H,13H2. The molecule has 2 N–H and O–H groups in total. The molecule has 2 heterocycles. The van der Waals surface area contributed by atoms with Crippen molar-refractivity contribution in [2.45, 2.75) is 0 Å². The van der Waals surface area contributed by atoms with Crippen LogP contribution in [0.4, 0.5) is 10.1 Å². The van der Waals surface area contributed by atoms with Crippen molar-refractivity contribution in [2.75, 3.05) is 5.73 Å². The lowest BCUT2D eigenvalue weighted by Gasteiger charge is -2.02. The first-order valence-electron chi connectivity index (χ1n) is 4.96. The zero-order chi connectivity index (χ0) is 11.8. The van der Waals surface area contributed by atoms with Gasteiger partial charge in [0.15, 0.2) is 11.5 Å². The number of benzene rings is 1. The highest BCUT2D eigenvalue weighted by atomic mass is 19.1. The lowest BCUT2D eigenvalue weighted by molar-refractivity contribution is 0.630. The van der Waals surface area contributed by atoms with E-state index >= 15 is 0 Å². The monoisotopic (exact) mass is 229 g/mol. The van der Waals surface area contributed by atoms with Gasteiger partial charge in [-0.1, -0.05) is 0 Å². The van der Waals surface area contributed by atoms with E-state index in [2.05, 4.69) is 15.2 Å². The molecule has 0 fully saturated rings. The fourth-order valence-corrected chi connectivity index (χ4v) is 1.65. The highest BCUT2D eigenvalue weighted by molar-refractivity contribution is 5.62. The predicted octanol–water partition coefficient (Wildman–Crippen LogP) is 1.51. The highest BCUT2D eigenvalue weighted by Crippen LogP contribution is 2.22. The maximum absolute atomic E-state index is 13.8. The second-order valence-corrected chi connectivity index (χ2v) is 3.57. The van der Waals surface area contributed by atoms with Crippen molar-refractivity contribution in [3.63, 3.8) is 0 Å². The molecule has 0 unspecified atom stereocenters. The molecule has 0 spiro atoms. The first kappa shape index (κ1) is 9.71. The lowest BCUT2D eigenvalue weighted by atomic mass is 10.2. The quantitative estimate of drug-likeness (QED) is 0.642. The molecule has 84 valence electrons. The average molecular weight is 229 g/mol. The Kier molecular flexibility index (Phi) is 2.01. The van der Waals surface area contributed by atoms with Crippen molar-refractivity contribution in [1.29, 1.82) is 0 Å². The molecular formula is C11H8FN5. The molecule has 2 aromatic heterocycles. The van der Waals surface area contributed by atoms with Gasteiger partial charge >= 0.3 is 0 Å². The summed E-state index contributed by atoms with van der Waals surface area (Å²) in [6.45, 7) is 0. The van der Waals surface area contributed by atoms with Gasteiger partial charge in [-0.15, -0.1) is 10.2 Å². The molecule has 0 radical (unpaired) electrons. The molecule has 0 atom stereocenters. The molecule has 0 saturated carbocycles. The maximum atomic E-state index is 13.8. The van der Waals surface area contributed by atoms with Gasteiger partial charge in [0, 0.05) is 18.1 Å². The lowest BCUT2D eigenvalue weighted by Crippen LogP contribution is -1.94. The molecule has 0 amide bonds. The summed E-state index contributed by atoms with van der Waals surface area (Å²) in [7, 11) is 0. The first-order chi connectivity index (χ1) is 8.25. The Labute approximate surface area is 95.7 Å². The van der Waals surface area contributed by atoms with E-state index in [0.29, 0.717) is 22.7 Å². The molecule has 5 nitrogen and oxygen atoms in total. The summed E-state index contributed by atoms with van der Waals surface area (Å²) >= 11 is 0. The van der Waals surface area contributed by atoms with E-state index in [9.17, 15) is 4.39 Å². The Morgan fingerprint density at radius 2 is 2.12 bits per heavy atom. The summed E-state index contributed by atoms with van der Waals surface area (Å²) in [6.07, 6.45) is 4.83. The summed E-state index contributed by atoms with van der Waals surface area (Å²) < 4.78 is 15.4. The van der Waals surface area contributed by atoms with Gasteiger partial charge in [-0.25, -0.2) is 4.39 Å². The topological polar surface area (TPSA) is 69.1 Å². The third-order valence-electron chi connectivity index (χ3n) is 2.45. The average Bonchev–Trinajstić information content (AvgIpc) is 2.73. The van der Waals surface area contributed by atoms with Crippen LogP contribution < -0.4 is 5.73 Å². The molecule has 6 heteroatoms. The third-order valence-corrected chi connectivity index (χ3v) is 2.45. The van der Waals surface area contributed by atoms with Crippen LogP contribution in [0, 0.1) is 5.82 Å². The molecule has 3 aromatic rings. The molecule has 1 aromatic carbocycles. The molecular weight excluding hydrogens is 221 g/mol. The van der Waals surface area contributed by atoms with Gasteiger partial charge in [-0.2, -0.15) is 0 Å². The molecule has 0 aliphatic rings. The van der Waals surface area contributed by atoms with Gasteiger partial charge in [0.1, 0.15) is 5.82 Å². The number of hydrogen-bond acceptors (Lipinski definition) is 4. The van der Waals surface area contributed by atoms with E-state index < -0.39 is 5.82 Å². The minimum atomic E-state index is -0.420. The van der Waals surface area contributed by atoms with E-state index in [4.69, 9.17) is 5.73 Å². The molecule has 0 aliphatic carbocycles.